The SMILES string of the molecule is Cc1cc(C)c(C(=O)CN2C(=O)NC(c3ccc(F)cc3)C2=O)cc1C. The van der Waals surface area contributed by atoms with Gasteiger partial charge in [-0.05, 0) is 61.2 Å². The van der Waals surface area contributed by atoms with Crippen LogP contribution in [-0.2, 0) is 4.79 Å². The van der Waals surface area contributed by atoms with Crippen LogP contribution in [0, 0.1) is 26.6 Å². The van der Waals surface area contributed by atoms with Crippen LogP contribution in [0.3, 0.4) is 0 Å². The van der Waals surface area contributed by atoms with Crippen LogP contribution in [0.2, 0.25) is 0 Å². The number of hydrogen-bond acceptors (Lipinski definition) is 3. The molecule has 1 unspecified atom stereocenters. The molecule has 0 radical (unpaired) electrons. The molecule has 0 saturated carbocycles. The van der Waals surface area contributed by atoms with E-state index in [9.17, 15) is 18.8 Å². The van der Waals surface area contributed by atoms with Gasteiger partial charge in [-0.15, -0.1) is 0 Å². The molecule has 3 amide bonds. The molecule has 1 heterocycles. The standard InChI is InChI=1S/C20H19FN2O3/c1-11-8-13(3)16(9-12(11)2)17(24)10-23-19(25)18(22-20(23)26)14-4-6-15(21)7-5-14/h4-9,18H,10H2,1-3H3,(H,22,26). The highest BCUT2D eigenvalue weighted by Crippen LogP contribution is 2.23. The fourth-order valence-corrected chi connectivity index (χ4v) is 3.04. The number of benzene rings is 2. The molecule has 1 atom stereocenters. The van der Waals surface area contributed by atoms with E-state index in [1.807, 2.05) is 26.8 Å². The highest BCUT2D eigenvalue weighted by molar-refractivity contribution is 6.09. The maximum Gasteiger partial charge on any atom is 0.325 e. The molecular weight excluding hydrogens is 335 g/mol. The Morgan fingerprint density at radius 1 is 1.04 bits per heavy atom. The normalized spacial score (nSPS) is 16.8. The fourth-order valence-electron chi connectivity index (χ4n) is 3.04. The Hall–Kier alpha value is -3.02. The lowest BCUT2D eigenvalue weighted by molar-refractivity contribution is -0.127. The first kappa shape index (κ1) is 17.8. The largest absolute Gasteiger partial charge is 0.325 e. The van der Waals surface area contributed by atoms with Gasteiger partial charge in [-0.2, -0.15) is 0 Å². The average molecular weight is 354 g/mol. The van der Waals surface area contributed by atoms with Gasteiger partial charge in [0.05, 0.1) is 6.54 Å². The number of rotatable bonds is 4. The second-order valence-electron chi connectivity index (χ2n) is 6.53. The Bertz CT molecular complexity index is 906. The number of aryl methyl sites for hydroxylation is 3. The van der Waals surface area contributed by atoms with Gasteiger partial charge < -0.3 is 5.32 Å². The number of halogens is 1. The van der Waals surface area contributed by atoms with E-state index in [4.69, 9.17) is 0 Å². The molecule has 6 heteroatoms. The molecule has 0 bridgehead atoms. The number of urea groups is 1. The summed E-state index contributed by atoms with van der Waals surface area (Å²) < 4.78 is 13.1. The highest BCUT2D eigenvalue weighted by atomic mass is 19.1. The second kappa shape index (κ2) is 6.71. The lowest BCUT2D eigenvalue weighted by Crippen LogP contribution is -2.36. The van der Waals surface area contributed by atoms with E-state index in [-0.39, 0.29) is 12.3 Å². The van der Waals surface area contributed by atoms with Crippen molar-refractivity contribution in [2.24, 2.45) is 0 Å². The molecule has 1 saturated heterocycles. The zero-order valence-corrected chi connectivity index (χ0v) is 14.8. The van der Waals surface area contributed by atoms with Crippen LogP contribution in [0.15, 0.2) is 36.4 Å². The van der Waals surface area contributed by atoms with Crippen molar-refractivity contribution in [1.29, 1.82) is 0 Å². The Labute approximate surface area is 150 Å². The molecule has 2 aromatic carbocycles. The van der Waals surface area contributed by atoms with Gasteiger partial charge in [-0.3, -0.25) is 14.5 Å². The summed E-state index contributed by atoms with van der Waals surface area (Å²) in [5.74, 6) is -1.24. The number of hydrogen-bond donors (Lipinski definition) is 1. The predicted octanol–water partition coefficient (Wildman–Crippen LogP) is 3.23. The quantitative estimate of drug-likeness (QED) is 0.677. The predicted molar refractivity (Wildman–Crippen MR) is 94.4 cm³/mol. The molecule has 0 aliphatic carbocycles. The third-order valence-corrected chi connectivity index (χ3v) is 4.67. The van der Waals surface area contributed by atoms with Crippen molar-refractivity contribution in [2.75, 3.05) is 6.54 Å². The lowest BCUT2D eigenvalue weighted by Gasteiger charge is -2.14. The first-order chi connectivity index (χ1) is 12.3. The number of nitrogens with one attached hydrogen (secondary N) is 1. The molecule has 0 spiro atoms. The van der Waals surface area contributed by atoms with Crippen molar-refractivity contribution in [3.05, 3.63) is 70.0 Å². The van der Waals surface area contributed by atoms with E-state index in [0.717, 1.165) is 21.6 Å². The molecular formula is C20H19FN2O3. The van der Waals surface area contributed by atoms with Crippen molar-refractivity contribution >= 4 is 17.7 Å². The third-order valence-electron chi connectivity index (χ3n) is 4.67. The van der Waals surface area contributed by atoms with Gasteiger partial charge in [-0.25, -0.2) is 9.18 Å². The van der Waals surface area contributed by atoms with Crippen LogP contribution in [-0.4, -0.2) is 29.2 Å². The highest BCUT2D eigenvalue weighted by Gasteiger charge is 2.40. The first-order valence-corrected chi connectivity index (χ1v) is 8.26. The molecule has 1 N–H and O–H groups in total. The Balaban J connectivity index is 1.81. The summed E-state index contributed by atoms with van der Waals surface area (Å²) in [6.07, 6.45) is 0. The van der Waals surface area contributed by atoms with Crippen LogP contribution in [0.1, 0.15) is 38.7 Å². The summed E-state index contributed by atoms with van der Waals surface area (Å²) in [5, 5.41) is 2.54. The molecule has 134 valence electrons. The van der Waals surface area contributed by atoms with E-state index in [0.29, 0.717) is 11.1 Å². The summed E-state index contributed by atoms with van der Waals surface area (Å²) in [6.45, 7) is 5.36. The zero-order valence-electron chi connectivity index (χ0n) is 14.8. The van der Waals surface area contributed by atoms with Gasteiger partial charge >= 0.3 is 6.03 Å². The Morgan fingerprint density at radius 3 is 2.31 bits per heavy atom. The number of imide groups is 1. The average Bonchev–Trinajstić information content (AvgIpc) is 2.87. The maximum atomic E-state index is 13.1. The van der Waals surface area contributed by atoms with Crippen LogP contribution in [0.4, 0.5) is 9.18 Å². The third kappa shape index (κ3) is 3.22. The summed E-state index contributed by atoms with van der Waals surface area (Å²) in [5.41, 5.74) is 3.83. The second-order valence-corrected chi connectivity index (χ2v) is 6.53. The van der Waals surface area contributed by atoms with Crippen molar-refractivity contribution < 1.29 is 18.8 Å². The van der Waals surface area contributed by atoms with Gasteiger partial charge in [0.2, 0.25) is 0 Å². The molecule has 1 fully saturated rings. The fraction of sp³-hybridized carbons (Fsp3) is 0.250. The van der Waals surface area contributed by atoms with E-state index < -0.39 is 23.8 Å². The Morgan fingerprint density at radius 2 is 1.65 bits per heavy atom. The van der Waals surface area contributed by atoms with Crippen LogP contribution in [0.25, 0.3) is 0 Å². The van der Waals surface area contributed by atoms with Gasteiger partial charge in [0.1, 0.15) is 11.9 Å². The van der Waals surface area contributed by atoms with Gasteiger partial charge in [0, 0.05) is 5.56 Å². The number of Topliss-reactive ketones (excluding diaryl/α,β-unsaturated/α-hetero) is 1. The summed E-state index contributed by atoms with van der Waals surface area (Å²) in [6, 6.07) is 7.49. The van der Waals surface area contributed by atoms with E-state index in [1.165, 1.54) is 24.3 Å². The first-order valence-electron chi connectivity index (χ1n) is 8.26. The monoisotopic (exact) mass is 354 g/mol. The van der Waals surface area contributed by atoms with Gasteiger partial charge in [-0.1, -0.05) is 18.2 Å². The molecule has 0 aromatic heterocycles. The number of carbonyl (C=O) groups is 3. The summed E-state index contributed by atoms with van der Waals surface area (Å²) in [4.78, 5) is 38.3. The van der Waals surface area contributed by atoms with Crippen LogP contribution < -0.4 is 5.32 Å². The smallest absolute Gasteiger partial charge is 0.322 e. The Kier molecular flexibility index (Phi) is 4.59. The number of amides is 3. The van der Waals surface area contributed by atoms with Crippen LogP contribution >= 0.6 is 0 Å². The topological polar surface area (TPSA) is 66.5 Å². The van der Waals surface area contributed by atoms with Gasteiger partial charge in [0.15, 0.2) is 5.78 Å². The molecule has 26 heavy (non-hydrogen) atoms. The molecule has 1 aliphatic rings. The summed E-state index contributed by atoms with van der Waals surface area (Å²) in [7, 11) is 0. The van der Waals surface area contributed by atoms with E-state index >= 15 is 0 Å². The minimum atomic E-state index is -0.906. The number of nitrogens with zero attached hydrogens (tertiary/aromatic N) is 1. The minimum absolute atomic E-state index is 0.297. The summed E-state index contributed by atoms with van der Waals surface area (Å²) >= 11 is 0. The van der Waals surface area contributed by atoms with Crippen LogP contribution in [0.5, 0.6) is 0 Å². The number of ketones is 1. The van der Waals surface area contributed by atoms with Gasteiger partial charge in [0.25, 0.3) is 5.91 Å². The lowest BCUT2D eigenvalue weighted by atomic mass is 9.98. The molecule has 3 rings (SSSR count). The van der Waals surface area contributed by atoms with E-state index in [1.54, 1.807) is 6.07 Å². The molecule has 1 aliphatic heterocycles. The maximum absolute atomic E-state index is 13.1. The molecule has 2 aromatic rings. The zero-order chi connectivity index (χ0) is 19.0. The van der Waals surface area contributed by atoms with Crippen molar-refractivity contribution in [3.63, 3.8) is 0 Å². The van der Waals surface area contributed by atoms with Crippen molar-refractivity contribution in [2.45, 2.75) is 26.8 Å². The minimum Gasteiger partial charge on any atom is -0.322 e. The van der Waals surface area contributed by atoms with E-state index in [2.05, 4.69) is 5.32 Å². The number of carbonyl (C=O) groups excluding carboxylic acids is 3. The molecule has 5 nitrogen and oxygen atoms in total. The van der Waals surface area contributed by atoms with Crippen molar-refractivity contribution in [1.82, 2.24) is 10.2 Å². The van der Waals surface area contributed by atoms with Crippen molar-refractivity contribution in [3.8, 4) is 0 Å².